The van der Waals surface area contributed by atoms with Gasteiger partial charge in [-0.25, -0.2) is 0 Å². The van der Waals surface area contributed by atoms with Crippen LogP contribution in [0.1, 0.15) is 30.4 Å². The van der Waals surface area contributed by atoms with Crippen LogP contribution in [0.25, 0.3) is 0 Å². The summed E-state index contributed by atoms with van der Waals surface area (Å²) < 4.78 is 0. The number of aryl methyl sites for hydroxylation is 1. The second-order valence-corrected chi connectivity index (χ2v) is 14.1. The van der Waals surface area contributed by atoms with Crippen molar-refractivity contribution in [3.63, 3.8) is 0 Å². The van der Waals surface area contributed by atoms with Crippen LogP contribution in [0.3, 0.4) is 0 Å². The quantitative estimate of drug-likeness (QED) is 0.210. The molecular formula is C32H42Cl2N4O7S. The average Bonchev–Trinajstić information content (AvgIpc) is 3.80. The van der Waals surface area contributed by atoms with Crippen molar-refractivity contribution >= 4 is 58.2 Å². The lowest BCUT2D eigenvalue weighted by Crippen LogP contribution is -2.52. The third-order valence-electron chi connectivity index (χ3n) is 8.97. The maximum atomic E-state index is 13.9. The fourth-order valence-electron chi connectivity index (χ4n) is 6.07. The first-order valence-corrected chi connectivity index (χ1v) is 17.4. The first-order chi connectivity index (χ1) is 22.0. The van der Waals surface area contributed by atoms with E-state index in [2.05, 4.69) is 15.9 Å². The standard InChI is InChI=1S/C32H42Cl2N4O7S/c1-35(15-27(40)30(43)31(44)28(41)16-39)29(42)9-6-19-12-23(34)20(13-22(19)33)14-36-18-46-17-26(36)32(45)38-11-10-37(21-7-8-21)24-4-2-3-5-25(24)38/h2-5,12-13,21,26-28,30-31,39-41,43-44H,6-11,14-18H2,1H3/t26?,27-,28+,30+,31-/m0/s1. The summed E-state index contributed by atoms with van der Waals surface area (Å²) in [5.41, 5.74) is 3.56. The van der Waals surface area contributed by atoms with E-state index in [1.807, 2.05) is 23.1 Å². The summed E-state index contributed by atoms with van der Waals surface area (Å²) in [7, 11) is 1.45. The minimum Gasteiger partial charge on any atom is -0.394 e. The molecule has 5 N–H and O–H groups in total. The Balaban J connectivity index is 1.18. The molecule has 2 aromatic carbocycles. The van der Waals surface area contributed by atoms with E-state index in [9.17, 15) is 30.0 Å². The summed E-state index contributed by atoms with van der Waals surface area (Å²) >= 11 is 15.1. The van der Waals surface area contributed by atoms with E-state index in [-0.39, 0.29) is 37.2 Å². The Labute approximate surface area is 283 Å². The van der Waals surface area contributed by atoms with Crippen molar-refractivity contribution in [2.45, 2.75) is 68.7 Å². The van der Waals surface area contributed by atoms with Gasteiger partial charge in [-0.2, -0.15) is 0 Å². The Hall–Kier alpha value is -2.13. The molecule has 5 rings (SSSR count). The molecule has 1 unspecified atom stereocenters. The first-order valence-electron chi connectivity index (χ1n) is 15.5. The average molecular weight is 698 g/mol. The van der Waals surface area contributed by atoms with Crippen LogP contribution in [0.5, 0.6) is 0 Å². The molecule has 11 nitrogen and oxygen atoms in total. The summed E-state index contributed by atoms with van der Waals surface area (Å²) in [5, 5.41) is 49.4. The normalized spacial score (nSPS) is 21.1. The van der Waals surface area contributed by atoms with E-state index in [1.54, 1.807) is 23.9 Å². The molecule has 5 atom stereocenters. The number of aliphatic hydroxyl groups is 5. The van der Waals surface area contributed by atoms with Gasteiger partial charge < -0.3 is 40.2 Å². The number of hydrogen-bond donors (Lipinski definition) is 5. The maximum Gasteiger partial charge on any atom is 0.245 e. The number of carbonyl (C=O) groups is 2. The number of rotatable bonds is 13. The van der Waals surface area contributed by atoms with Gasteiger partial charge in [-0.3, -0.25) is 14.5 Å². The van der Waals surface area contributed by atoms with E-state index in [0.717, 1.165) is 23.5 Å². The predicted molar refractivity (Wildman–Crippen MR) is 179 cm³/mol. The van der Waals surface area contributed by atoms with Crippen molar-refractivity contribution in [2.75, 3.05) is 54.7 Å². The predicted octanol–water partition coefficient (Wildman–Crippen LogP) is 1.71. The summed E-state index contributed by atoms with van der Waals surface area (Å²) in [5.74, 6) is 1.13. The number of likely N-dealkylation sites (N-methyl/N-ethyl adjacent to an activating group) is 1. The molecule has 2 amide bonds. The highest BCUT2D eigenvalue weighted by Gasteiger charge is 2.40. The number of anilines is 2. The van der Waals surface area contributed by atoms with E-state index in [1.165, 1.54) is 24.8 Å². The number of fused-ring (bicyclic) bond motifs is 1. The fourth-order valence-corrected chi connectivity index (χ4v) is 7.78. The zero-order valence-electron chi connectivity index (χ0n) is 25.7. The van der Waals surface area contributed by atoms with Gasteiger partial charge in [0.2, 0.25) is 11.8 Å². The molecule has 0 aromatic heterocycles. The van der Waals surface area contributed by atoms with Crippen molar-refractivity contribution in [3.8, 4) is 0 Å². The molecule has 1 saturated heterocycles. The van der Waals surface area contributed by atoms with Gasteiger partial charge in [0.25, 0.3) is 0 Å². The maximum absolute atomic E-state index is 13.9. The van der Waals surface area contributed by atoms with Crippen LogP contribution in [0, 0.1) is 0 Å². The van der Waals surface area contributed by atoms with Crippen LogP contribution in [-0.4, -0.2) is 129 Å². The molecule has 0 radical (unpaired) electrons. The SMILES string of the molecule is CN(C[C@H](O)[C@@H](O)[C@@H](O)[C@H](O)CO)C(=O)CCc1cc(Cl)c(CN2CSCC2C(=O)N2CCN(C3CC3)c3ccccc32)cc1Cl. The third kappa shape index (κ3) is 7.94. The van der Waals surface area contributed by atoms with E-state index >= 15 is 0 Å². The number of hydrogen-bond acceptors (Lipinski definition) is 10. The fraction of sp³-hybridized carbons (Fsp3) is 0.562. The highest BCUT2D eigenvalue weighted by molar-refractivity contribution is 7.99. The molecule has 2 fully saturated rings. The van der Waals surface area contributed by atoms with Gasteiger partial charge in [-0.1, -0.05) is 35.3 Å². The topological polar surface area (TPSA) is 148 Å². The van der Waals surface area contributed by atoms with Crippen LogP contribution >= 0.6 is 35.0 Å². The highest BCUT2D eigenvalue weighted by atomic mass is 35.5. The van der Waals surface area contributed by atoms with E-state index < -0.39 is 31.0 Å². The van der Waals surface area contributed by atoms with Gasteiger partial charge in [0.15, 0.2) is 0 Å². The van der Waals surface area contributed by atoms with E-state index in [0.29, 0.717) is 46.4 Å². The van der Waals surface area contributed by atoms with Crippen molar-refractivity contribution in [2.24, 2.45) is 0 Å². The van der Waals surface area contributed by atoms with Gasteiger partial charge in [-0.05, 0) is 54.7 Å². The van der Waals surface area contributed by atoms with Crippen LogP contribution in [0.15, 0.2) is 36.4 Å². The molecule has 46 heavy (non-hydrogen) atoms. The number of aliphatic hydroxyl groups excluding tert-OH is 5. The smallest absolute Gasteiger partial charge is 0.245 e. The summed E-state index contributed by atoms with van der Waals surface area (Å²) in [6.45, 7) is 0.854. The molecule has 0 bridgehead atoms. The Morgan fingerprint density at radius 3 is 2.33 bits per heavy atom. The van der Waals surface area contributed by atoms with Crippen molar-refractivity contribution in [1.29, 1.82) is 0 Å². The Morgan fingerprint density at radius 2 is 1.63 bits per heavy atom. The zero-order valence-corrected chi connectivity index (χ0v) is 28.0. The van der Waals surface area contributed by atoms with Gasteiger partial charge in [0, 0.05) is 67.4 Å². The molecule has 2 aliphatic heterocycles. The highest BCUT2D eigenvalue weighted by Crippen LogP contribution is 2.41. The number of carbonyl (C=O) groups excluding carboxylic acids is 2. The second-order valence-electron chi connectivity index (χ2n) is 12.3. The lowest BCUT2D eigenvalue weighted by molar-refractivity contribution is -0.137. The number of nitrogens with zero attached hydrogens (tertiary/aromatic N) is 4. The minimum atomic E-state index is -1.77. The van der Waals surface area contributed by atoms with Crippen LogP contribution < -0.4 is 9.80 Å². The number of para-hydroxylation sites is 2. The Kier molecular flexibility index (Phi) is 11.8. The van der Waals surface area contributed by atoms with Gasteiger partial charge in [-0.15, -0.1) is 11.8 Å². The molecule has 0 spiro atoms. The monoisotopic (exact) mass is 696 g/mol. The van der Waals surface area contributed by atoms with E-state index in [4.69, 9.17) is 28.3 Å². The summed E-state index contributed by atoms with van der Waals surface area (Å²) in [6, 6.07) is 12.0. The molecule has 1 aliphatic carbocycles. The number of halogens is 2. The lowest BCUT2D eigenvalue weighted by Gasteiger charge is -2.39. The summed E-state index contributed by atoms with van der Waals surface area (Å²) in [4.78, 5) is 34.4. The molecular weight excluding hydrogens is 655 g/mol. The first kappa shape index (κ1) is 35.2. The lowest BCUT2D eigenvalue weighted by atomic mass is 10.0. The van der Waals surface area contributed by atoms with Crippen molar-refractivity contribution < 1.29 is 35.1 Å². The van der Waals surface area contributed by atoms with Gasteiger partial charge in [0.1, 0.15) is 24.4 Å². The molecule has 2 aromatic rings. The Bertz CT molecular complexity index is 1400. The van der Waals surface area contributed by atoms with Crippen LogP contribution in [0.2, 0.25) is 10.0 Å². The van der Waals surface area contributed by atoms with Crippen molar-refractivity contribution in [1.82, 2.24) is 9.80 Å². The zero-order chi connectivity index (χ0) is 33.1. The molecule has 2 heterocycles. The number of thioether (sulfide) groups is 1. The van der Waals surface area contributed by atoms with Crippen LogP contribution in [0.4, 0.5) is 11.4 Å². The number of benzene rings is 2. The largest absolute Gasteiger partial charge is 0.394 e. The third-order valence-corrected chi connectivity index (χ3v) is 10.7. The second kappa shape index (κ2) is 15.4. The van der Waals surface area contributed by atoms with Gasteiger partial charge >= 0.3 is 0 Å². The molecule has 3 aliphatic rings. The molecule has 1 saturated carbocycles. The van der Waals surface area contributed by atoms with Crippen molar-refractivity contribution in [3.05, 3.63) is 57.6 Å². The summed E-state index contributed by atoms with van der Waals surface area (Å²) in [6.07, 6.45) is -3.96. The number of amides is 2. The van der Waals surface area contributed by atoms with Gasteiger partial charge in [0.05, 0.1) is 24.0 Å². The van der Waals surface area contributed by atoms with Crippen LogP contribution in [-0.2, 0) is 22.6 Å². The molecule has 252 valence electrons. The minimum absolute atomic E-state index is 0.0470. The molecule has 14 heteroatoms. The Morgan fingerprint density at radius 1 is 0.978 bits per heavy atom.